The van der Waals surface area contributed by atoms with Crippen LogP contribution in [0.5, 0.6) is 0 Å². The number of aromatic nitrogens is 3. The van der Waals surface area contributed by atoms with E-state index in [1.54, 1.807) is 24.3 Å². The van der Waals surface area contributed by atoms with Crippen molar-refractivity contribution in [2.24, 2.45) is 0 Å². The second-order valence-electron chi connectivity index (χ2n) is 7.65. The van der Waals surface area contributed by atoms with E-state index in [4.69, 9.17) is 16.6 Å². The molecule has 164 valence electrons. The lowest BCUT2D eigenvalue weighted by Crippen LogP contribution is -2.22. The fourth-order valence-corrected chi connectivity index (χ4v) is 5.02. The molecule has 0 amide bonds. The number of ketones is 1. The van der Waals surface area contributed by atoms with Gasteiger partial charge in [-0.2, -0.15) is 0 Å². The molecule has 0 radical (unpaired) electrons. The normalized spacial score (nSPS) is 11.2. The maximum atomic E-state index is 13.4. The van der Waals surface area contributed by atoms with Gasteiger partial charge in [-0.05, 0) is 50.6 Å². The van der Waals surface area contributed by atoms with Gasteiger partial charge in [-0.1, -0.05) is 54.6 Å². The Morgan fingerprint density at radius 3 is 2.56 bits per heavy atom. The van der Waals surface area contributed by atoms with Gasteiger partial charge in [-0.25, -0.2) is 4.98 Å². The fourth-order valence-electron chi connectivity index (χ4n) is 3.91. The summed E-state index contributed by atoms with van der Waals surface area (Å²) >= 11 is 7.67. The number of Topliss-reactive ketones (excluding diaryl/α,β-unsaturated/α-hetero) is 1. The van der Waals surface area contributed by atoms with Crippen molar-refractivity contribution < 1.29 is 4.79 Å². The molecular formula is C25H24ClN3O2S. The maximum absolute atomic E-state index is 13.4. The average molecular weight is 466 g/mol. The Balaban J connectivity index is 1.74. The third-order valence-electron chi connectivity index (χ3n) is 5.49. The van der Waals surface area contributed by atoms with Gasteiger partial charge in [0.05, 0.1) is 27.4 Å². The molecule has 5 nitrogen and oxygen atoms in total. The number of thioether (sulfide) groups is 1. The molecule has 32 heavy (non-hydrogen) atoms. The number of hydrogen-bond acceptors (Lipinski definition) is 4. The van der Waals surface area contributed by atoms with Gasteiger partial charge < -0.3 is 4.57 Å². The SMILES string of the molecule is CCCn1c(C)cc(C(=O)CSc2nc3ccccc3c(=O)n2-c2ccccc2Cl)c1C. The summed E-state index contributed by atoms with van der Waals surface area (Å²) in [4.78, 5) is 31.2. The second-order valence-corrected chi connectivity index (χ2v) is 9.00. The topological polar surface area (TPSA) is 56.9 Å². The van der Waals surface area contributed by atoms with Gasteiger partial charge in [-0.15, -0.1) is 0 Å². The van der Waals surface area contributed by atoms with Crippen LogP contribution in [0.25, 0.3) is 16.6 Å². The van der Waals surface area contributed by atoms with E-state index in [1.165, 1.54) is 16.3 Å². The van der Waals surface area contributed by atoms with E-state index in [1.807, 2.05) is 44.2 Å². The molecule has 0 atom stereocenters. The average Bonchev–Trinajstić information content (AvgIpc) is 3.07. The number of carbonyl (C=O) groups excluding carboxylic acids is 1. The van der Waals surface area contributed by atoms with Crippen molar-refractivity contribution in [2.45, 2.75) is 38.9 Å². The summed E-state index contributed by atoms with van der Waals surface area (Å²) in [5, 5.41) is 1.40. The van der Waals surface area contributed by atoms with Crippen LogP contribution in [-0.4, -0.2) is 25.7 Å². The van der Waals surface area contributed by atoms with Crippen molar-refractivity contribution in [3.05, 3.63) is 86.9 Å². The highest BCUT2D eigenvalue weighted by molar-refractivity contribution is 7.99. The minimum atomic E-state index is -0.209. The van der Waals surface area contributed by atoms with Crippen molar-refractivity contribution in [3.8, 4) is 5.69 Å². The van der Waals surface area contributed by atoms with Crippen molar-refractivity contribution in [3.63, 3.8) is 0 Å². The van der Waals surface area contributed by atoms with Crippen molar-refractivity contribution in [1.29, 1.82) is 0 Å². The number of aryl methyl sites for hydroxylation is 1. The summed E-state index contributed by atoms with van der Waals surface area (Å²) in [5.41, 5.74) is 3.71. The predicted molar refractivity (Wildman–Crippen MR) is 132 cm³/mol. The third kappa shape index (κ3) is 4.12. The van der Waals surface area contributed by atoms with Gasteiger partial charge in [-0.3, -0.25) is 14.2 Å². The largest absolute Gasteiger partial charge is 0.348 e. The molecule has 0 aliphatic carbocycles. The summed E-state index contributed by atoms with van der Waals surface area (Å²) in [6.45, 7) is 7.01. The monoisotopic (exact) mass is 465 g/mol. The lowest BCUT2D eigenvalue weighted by atomic mass is 10.2. The predicted octanol–water partition coefficient (Wildman–Crippen LogP) is 5.84. The van der Waals surface area contributed by atoms with E-state index >= 15 is 0 Å². The highest BCUT2D eigenvalue weighted by Gasteiger charge is 2.19. The lowest BCUT2D eigenvalue weighted by Gasteiger charge is -2.14. The van der Waals surface area contributed by atoms with E-state index in [-0.39, 0.29) is 17.1 Å². The Hall–Kier alpha value is -2.83. The first-order valence-corrected chi connectivity index (χ1v) is 11.9. The Labute approximate surface area is 196 Å². The molecule has 0 spiro atoms. The number of para-hydroxylation sites is 2. The van der Waals surface area contributed by atoms with E-state index in [0.717, 1.165) is 29.9 Å². The molecule has 0 bridgehead atoms. The number of nitrogens with zero attached hydrogens (tertiary/aromatic N) is 3. The van der Waals surface area contributed by atoms with E-state index < -0.39 is 0 Å². The number of hydrogen-bond donors (Lipinski definition) is 0. The van der Waals surface area contributed by atoms with E-state index in [0.29, 0.717) is 26.8 Å². The Morgan fingerprint density at radius 1 is 1.09 bits per heavy atom. The number of rotatable bonds is 7. The Kier molecular flexibility index (Phi) is 6.53. The Bertz CT molecular complexity index is 1370. The number of halogens is 1. The van der Waals surface area contributed by atoms with Crippen molar-refractivity contribution >= 4 is 40.0 Å². The first-order valence-electron chi connectivity index (χ1n) is 10.5. The summed E-state index contributed by atoms with van der Waals surface area (Å²) in [7, 11) is 0. The van der Waals surface area contributed by atoms with Gasteiger partial charge in [0.2, 0.25) is 0 Å². The molecule has 2 aromatic carbocycles. The maximum Gasteiger partial charge on any atom is 0.266 e. The van der Waals surface area contributed by atoms with Crippen LogP contribution in [0.15, 0.2) is 64.5 Å². The molecule has 0 fully saturated rings. The lowest BCUT2D eigenvalue weighted by molar-refractivity contribution is 0.102. The second kappa shape index (κ2) is 9.35. The first kappa shape index (κ1) is 22.4. The van der Waals surface area contributed by atoms with Gasteiger partial charge in [0, 0.05) is 23.5 Å². The van der Waals surface area contributed by atoms with Crippen molar-refractivity contribution in [1.82, 2.24) is 14.1 Å². The molecule has 0 saturated carbocycles. The zero-order chi connectivity index (χ0) is 22.8. The summed E-state index contributed by atoms with van der Waals surface area (Å²) in [6, 6.07) is 16.3. The van der Waals surface area contributed by atoms with Crippen LogP contribution in [0.4, 0.5) is 0 Å². The molecule has 0 N–H and O–H groups in total. The van der Waals surface area contributed by atoms with Crippen molar-refractivity contribution in [2.75, 3.05) is 5.75 Å². The van der Waals surface area contributed by atoms with Crippen LogP contribution >= 0.6 is 23.4 Å². The molecule has 0 saturated heterocycles. The zero-order valence-corrected chi connectivity index (χ0v) is 19.8. The minimum Gasteiger partial charge on any atom is -0.348 e. The van der Waals surface area contributed by atoms with Gasteiger partial charge >= 0.3 is 0 Å². The number of benzene rings is 2. The van der Waals surface area contributed by atoms with Crippen LogP contribution < -0.4 is 5.56 Å². The fraction of sp³-hybridized carbons (Fsp3) is 0.240. The molecule has 4 aromatic rings. The smallest absolute Gasteiger partial charge is 0.266 e. The molecule has 0 unspecified atom stereocenters. The third-order valence-corrected chi connectivity index (χ3v) is 6.75. The highest BCUT2D eigenvalue weighted by atomic mass is 35.5. The summed E-state index contributed by atoms with van der Waals surface area (Å²) in [6.07, 6.45) is 1.00. The van der Waals surface area contributed by atoms with Crippen LogP contribution in [0.2, 0.25) is 5.02 Å². The zero-order valence-electron chi connectivity index (χ0n) is 18.3. The van der Waals surface area contributed by atoms with Crippen LogP contribution in [0.1, 0.15) is 35.1 Å². The van der Waals surface area contributed by atoms with Gasteiger partial charge in [0.25, 0.3) is 5.56 Å². The van der Waals surface area contributed by atoms with Crippen LogP contribution in [-0.2, 0) is 6.54 Å². The van der Waals surface area contributed by atoms with Gasteiger partial charge in [0.1, 0.15) is 0 Å². The minimum absolute atomic E-state index is 0.0126. The number of fused-ring (bicyclic) bond motifs is 1. The molecule has 4 rings (SSSR count). The Morgan fingerprint density at radius 2 is 1.81 bits per heavy atom. The van der Waals surface area contributed by atoms with E-state index in [2.05, 4.69) is 11.5 Å². The van der Waals surface area contributed by atoms with Gasteiger partial charge in [0.15, 0.2) is 10.9 Å². The van der Waals surface area contributed by atoms with E-state index in [9.17, 15) is 9.59 Å². The molecule has 0 aliphatic rings. The standard InChI is InChI=1S/C25H24ClN3O2S/c1-4-13-28-16(2)14-19(17(28)3)23(30)15-32-25-27-21-11-7-5-9-18(21)24(31)29(25)22-12-8-6-10-20(22)26/h5-12,14H,4,13,15H2,1-3H3. The van der Waals surface area contributed by atoms with Crippen LogP contribution in [0.3, 0.4) is 0 Å². The number of carbonyl (C=O) groups is 1. The first-order chi connectivity index (χ1) is 15.4. The molecular weight excluding hydrogens is 442 g/mol. The van der Waals surface area contributed by atoms with Crippen LogP contribution in [0, 0.1) is 13.8 Å². The summed E-state index contributed by atoms with van der Waals surface area (Å²) in [5.74, 6) is 0.185. The molecule has 7 heteroatoms. The molecule has 2 aromatic heterocycles. The summed E-state index contributed by atoms with van der Waals surface area (Å²) < 4.78 is 3.68. The molecule has 2 heterocycles. The quantitative estimate of drug-likeness (QED) is 0.195. The highest BCUT2D eigenvalue weighted by Crippen LogP contribution is 2.27. The molecule has 0 aliphatic heterocycles.